The van der Waals surface area contributed by atoms with Gasteiger partial charge in [0.15, 0.2) is 0 Å². The molecule has 1 saturated carbocycles. The lowest BCUT2D eigenvalue weighted by Crippen LogP contribution is -2.45. The molecule has 4 nitrogen and oxygen atoms in total. The summed E-state index contributed by atoms with van der Waals surface area (Å²) in [7, 11) is 0. The molecule has 5 rings (SSSR count). The molecule has 1 aliphatic carbocycles. The zero-order valence-electron chi connectivity index (χ0n) is 17.0. The van der Waals surface area contributed by atoms with Crippen molar-refractivity contribution in [1.29, 1.82) is 0 Å². The molecule has 2 aromatic rings. The summed E-state index contributed by atoms with van der Waals surface area (Å²) < 4.78 is 0. The number of β-amino-alcohol motifs (C(OH)–C–C–N with tert-alkyl or cyclic N) is 1. The third kappa shape index (κ3) is 3.72. The van der Waals surface area contributed by atoms with Gasteiger partial charge in [-0.15, -0.1) is 0 Å². The Bertz CT molecular complexity index is 852. The molecule has 152 valence electrons. The maximum Gasteiger partial charge on any atom is 0.233 e. The number of carbonyl (C=O) groups excluding carboxylic acids is 1. The second-order valence-corrected chi connectivity index (χ2v) is 9.08. The van der Waals surface area contributed by atoms with Crippen molar-refractivity contribution in [2.75, 3.05) is 31.1 Å². The van der Waals surface area contributed by atoms with Crippen molar-refractivity contribution >= 4 is 11.6 Å². The standard InChI is InChI=1S/C25H30N2O2/c28-23(21-4-2-1-3-5-21)18-26-15-12-25(13-16-26)14-17-27(24(25)29)22-10-8-20(9-11-22)19-6-7-19/h1-5,8-11,19,23,28H,6-7,12-18H2/t23-/m0/s1. The highest BCUT2D eigenvalue weighted by molar-refractivity contribution is 6.00. The molecule has 0 bridgehead atoms. The number of rotatable bonds is 5. The first-order valence-corrected chi connectivity index (χ1v) is 11.0. The first-order valence-electron chi connectivity index (χ1n) is 11.0. The van der Waals surface area contributed by atoms with Crippen LogP contribution in [0.1, 0.15) is 55.3 Å². The van der Waals surface area contributed by atoms with Gasteiger partial charge in [-0.05, 0) is 74.4 Å². The highest BCUT2D eigenvalue weighted by Gasteiger charge is 2.48. The van der Waals surface area contributed by atoms with Gasteiger partial charge in [-0.2, -0.15) is 0 Å². The summed E-state index contributed by atoms with van der Waals surface area (Å²) in [6.07, 6.45) is 4.88. The maximum atomic E-state index is 13.3. The second-order valence-electron chi connectivity index (χ2n) is 9.08. The average molecular weight is 391 g/mol. The van der Waals surface area contributed by atoms with E-state index in [4.69, 9.17) is 0 Å². The Balaban J connectivity index is 1.20. The summed E-state index contributed by atoms with van der Waals surface area (Å²) in [6.45, 7) is 3.23. The smallest absolute Gasteiger partial charge is 0.233 e. The van der Waals surface area contributed by atoms with Crippen molar-refractivity contribution in [3.8, 4) is 0 Å². The van der Waals surface area contributed by atoms with Crippen molar-refractivity contribution in [3.05, 3.63) is 65.7 Å². The second kappa shape index (κ2) is 7.58. The number of amides is 1. The molecular formula is C25H30N2O2. The van der Waals surface area contributed by atoms with Crippen molar-refractivity contribution < 1.29 is 9.90 Å². The molecule has 1 amide bonds. The predicted octanol–water partition coefficient (Wildman–Crippen LogP) is 4.12. The molecule has 0 unspecified atom stereocenters. The SMILES string of the molecule is O=C1N(c2ccc(C3CC3)cc2)CCC12CCN(C[C@H](O)c1ccccc1)CC2. The molecular weight excluding hydrogens is 360 g/mol. The van der Waals surface area contributed by atoms with Crippen LogP contribution in [0.25, 0.3) is 0 Å². The molecule has 1 spiro atoms. The highest BCUT2D eigenvalue weighted by Crippen LogP contribution is 2.44. The van der Waals surface area contributed by atoms with Gasteiger partial charge >= 0.3 is 0 Å². The van der Waals surface area contributed by atoms with Gasteiger partial charge in [0.2, 0.25) is 5.91 Å². The molecule has 3 fully saturated rings. The van der Waals surface area contributed by atoms with Crippen molar-refractivity contribution in [2.45, 2.75) is 44.1 Å². The van der Waals surface area contributed by atoms with Crippen LogP contribution >= 0.6 is 0 Å². The molecule has 2 heterocycles. The van der Waals surface area contributed by atoms with Gasteiger partial charge in [0.05, 0.1) is 11.5 Å². The maximum absolute atomic E-state index is 13.3. The van der Waals surface area contributed by atoms with Crippen molar-refractivity contribution in [3.63, 3.8) is 0 Å². The van der Waals surface area contributed by atoms with Crippen LogP contribution in [0.2, 0.25) is 0 Å². The molecule has 0 radical (unpaired) electrons. The van der Waals surface area contributed by atoms with Crippen LogP contribution in [0.5, 0.6) is 0 Å². The molecule has 29 heavy (non-hydrogen) atoms. The minimum absolute atomic E-state index is 0.205. The van der Waals surface area contributed by atoms with E-state index in [0.717, 1.165) is 56.1 Å². The number of hydrogen-bond donors (Lipinski definition) is 1. The Labute approximate surface area is 173 Å². The summed E-state index contributed by atoms with van der Waals surface area (Å²) >= 11 is 0. The Morgan fingerprint density at radius 3 is 2.24 bits per heavy atom. The fourth-order valence-corrected chi connectivity index (χ4v) is 5.06. The number of hydrogen-bond acceptors (Lipinski definition) is 3. The molecule has 4 heteroatoms. The molecule has 0 aromatic heterocycles. The van der Waals surface area contributed by atoms with Gasteiger partial charge < -0.3 is 14.9 Å². The van der Waals surface area contributed by atoms with Gasteiger partial charge in [-0.25, -0.2) is 0 Å². The third-order valence-corrected chi connectivity index (χ3v) is 7.19. The predicted molar refractivity (Wildman–Crippen MR) is 115 cm³/mol. The monoisotopic (exact) mass is 390 g/mol. The average Bonchev–Trinajstić information content (AvgIpc) is 3.57. The number of likely N-dealkylation sites (tertiary alicyclic amines) is 1. The Kier molecular flexibility index (Phi) is 4.92. The fourth-order valence-electron chi connectivity index (χ4n) is 5.06. The van der Waals surface area contributed by atoms with E-state index in [9.17, 15) is 9.90 Å². The Hall–Kier alpha value is -2.17. The molecule has 2 aliphatic heterocycles. The van der Waals surface area contributed by atoms with Crippen LogP contribution in [0.3, 0.4) is 0 Å². The van der Waals surface area contributed by atoms with E-state index in [2.05, 4.69) is 29.2 Å². The third-order valence-electron chi connectivity index (χ3n) is 7.19. The van der Waals surface area contributed by atoms with Crippen LogP contribution in [-0.4, -0.2) is 42.1 Å². The van der Waals surface area contributed by atoms with Crippen molar-refractivity contribution in [1.82, 2.24) is 4.90 Å². The first kappa shape index (κ1) is 18.8. The first-order chi connectivity index (χ1) is 14.1. The van der Waals surface area contributed by atoms with Crippen LogP contribution in [-0.2, 0) is 4.79 Å². The highest BCUT2D eigenvalue weighted by atomic mass is 16.3. The van der Waals surface area contributed by atoms with Gasteiger partial charge in [-0.1, -0.05) is 42.5 Å². The van der Waals surface area contributed by atoms with E-state index < -0.39 is 6.10 Å². The van der Waals surface area contributed by atoms with E-state index in [1.165, 1.54) is 18.4 Å². The van der Waals surface area contributed by atoms with E-state index in [-0.39, 0.29) is 5.41 Å². The fraction of sp³-hybridized carbons (Fsp3) is 0.480. The zero-order valence-corrected chi connectivity index (χ0v) is 17.0. The lowest BCUT2D eigenvalue weighted by atomic mass is 9.77. The summed E-state index contributed by atoms with van der Waals surface area (Å²) in [6, 6.07) is 18.5. The number of anilines is 1. The Morgan fingerprint density at radius 2 is 1.59 bits per heavy atom. The molecule has 1 atom stereocenters. The largest absolute Gasteiger partial charge is 0.387 e. The van der Waals surface area contributed by atoms with Gasteiger partial charge in [0.25, 0.3) is 0 Å². The number of benzene rings is 2. The summed E-state index contributed by atoms with van der Waals surface area (Å²) in [5.74, 6) is 1.06. The van der Waals surface area contributed by atoms with Crippen LogP contribution in [0.15, 0.2) is 54.6 Å². The number of aliphatic hydroxyl groups excluding tert-OH is 1. The van der Waals surface area contributed by atoms with Crippen LogP contribution < -0.4 is 4.90 Å². The number of nitrogens with zero attached hydrogens (tertiary/aromatic N) is 2. The van der Waals surface area contributed by atoms with Gasteiger partial charge in [-0.3, -0.25) is 4.79 Å². The Morgan fingerprint density at radius 1 is 0.931 bits per heavy atom. The number of aliphatic hydroxyl groups is 1. The minimum Gasteiger partial charge on any atom is -0.387 e. The molecule has 3 aliphatic rings. The molecule has 2 aromatic carbocycles. The number of carbonyl (C=O) groups is 1. The van der Waals surface area contributed by atoms with E-state index in [0.29, 0.717) is 12.5 Å². The number of piperidine rings is 1. The minimum atomic E-state index is -0.467. The van der Waals surface area contributed by atoms with E-state index in [1.807, 2.05) is 35.2 Å². The summed E-state index contributed by atoms with van der Waals surface area (Å²) in [5, 5.41) is 10.5. The lowest BCUT2D eigenvalue weighted by molar-refractivity contribution is -0.128. The molecule has 2 saturated heterocycles. The normalized spacial score (nSPS) is 22.9. The van der Waals surface area contributed by atoms with E-state index in [1.54, 1.807) is 0 Å². The quantitative estimate of drug-likeness (QED) is 0.835. The van der Waals surface area contributed by atoms with Crippen LogP contribution in [0, 0.1) is 5.41 Å². The topological polar surface area (TPSA) is 43.8 Å². The summed E-state index contributed by atoms with van der Waals surface area (Å²) in [5.41, 5.74) is 3.23. The van der Waals surface area contributed by atoms with Gasteiger partial charge in [0.1, 0.15) is 0 Å². The van der Waals surface area contributed by atoms with Crippen LogP contribution in [0.4, 0.5) is 5.69 Å². The summed E-state index contributed by atoms with van der Waals surface area (Å²) in [4.78, 5) is 17.6. The van der Waals surface area contributed by atoms with E-state index >= 15 is 0 Å². The molecule has 1 N–H and O–H groups in total. The van der Waals surface area contributed by atoms with Crippen molar-refractivity contribution in [2.24, 2.45) is 5.41 Å². The zero-order chi connectivity index (χ0) is 19.8. The lowest BCUT2D eigenvalue weighted by Gasteiger charge is -2.38. The van der Waals surface area contributed by atoms with Gasteiger partial charge in [0, 0.05) is 18.8 Å².